The number of rotatable bonds is 3. The minimum atomic E-state index is -0.561. The number of ether oxygens (including phenoxy) is 1. The molecule has 6 heteroatoms. The molecule has 5 nitrogen and oxygen atoms in total. The Morgan fingerprint density at radius 2 is 2.47 bits per heavy atom. The number of hydrogen-bond acceptors (Lipinski definition) is 5. The number of nitrogens with zero attached hydrogens (tertiary/aromatic N) is 1. The zero-order valence-electron chi connectivity index (χ0n) is 9.15. The molecule has 1 rings (SSSR count). The van der Waals surface area contributed by atoms with E-state index in [1.807, 2.05) is 6.92 Å². The predicted octanol–water partition coefficient (Wildman–Crippen LogP) is 1.93. The quantitative estimate of drug-likeness (QED) is 0.596. The van der Waals surface area contributed by atoms with Crippen LogP contribution in [-0.2, 0) is 9.57 Å². The van der Waals surface area contributed by atoms with Gasteiger partial charge in [-0.1, -0.05) is 30.3 Å². The van der Waals surface area contributed by atoms with E-state index in [2.05, 4.69) is 22.2 Å². The highest BCUT2D eigenvalue weighted by atomic mass is 32.2. The monoisotopic (exact) mass is 232 g/mol. The molecule has 2 atom stereocenters. The van der Waals surface area contributed by atoms with E-state index >= 15 is 0 Å². The lowest BCUT2D eigenvalue weighted by Crippen LogP contribution is -2.18. The zero-order chi connectivity index (χ0) is 11.3. The second-order valence-corrected chi connectivity index (χ2v) is 4.35. The molecule has 0 aromatic carbocycles. The maximum atomic E-state index is 10.8. The Hall–Kier alpha value is -0.750. The highest BCUT2D eigenvalue weighted by Gasteiger charge is 2.29. The lowest BCUT2D eigenvalue weighted by Gasteiger charge is -2.05. The molecule has 2 unspecified atom stereocenters. The fourth-order valence-corrected chi connectivity index (χ4v) is 2.31. The first-order valence-electron chi connectivity index (χ1n) is 4.96. The Bertz CT molecular complexity index is 258. The Morgan fingerprint density at radius 3 is 3.07 bits per heavy atom. The van der Waals surface area contributed by atoms with E-state index in [0.29, 0.717) is 0 Å². The van der Waals surface area contributed by atoms with E-state index in [9.17, 15) is 4.79 Å². The van der Waals surface area contributed by atoms with Crippen LogP contribution in [0.1, 0.15) is 26.7 Å². The fraction of sp³-hybridized carbons (Fsp3) is 0.778. The number of nitrogens with one attached hydrogen (secondary N) is 1. The van der Waals surface area contributed by atoms with Gasteiger partial charge in [0, 0.05) is 7.05 Å². The van der Waals surface area contributed by atoms with E-state index in [0.717, 1.165) is 17.9 Å². The smallest absolute Gasteiger partial charge is 0.357 e. The largest absolute Gasteiger partial charge is 0.433 e. The summed E-state index contributed by atoms with van der Waals surface area (Å²) in [5.41, 5.74) is 0.136. The van der Waals surface area contributed by atoms with Crippen molar-refractivity contribution < 1.29 is 14.4 Å². The summed E-state index contributed by atoms with van der Waals surface area (Å²) < 4.78 is 5.60. The van der Waals surface area contributed by atoms with Gasteiger partial charge in [0.15, 0.2) is 0 Å². The SMILES string of the molecule is CCCC1OC(C)/C(=N/OC(=O)NC)S1. The summed E-state index contributed by atoms with van der Waals surface area (Å²) in [6, 6.07) is 0. The van der Waals surface area contributed by atoms with Crippen molar-refractivity contribution in [3.63, 3.8) is 0 Å². The van der Waals surface area contributed by atoms with Crippen molar-refractivity contribution in [1.29, 1.82) is 0 Å². The van der Waals surface area contributed by atoms with Crippen LogP contribution in [0.2, 0.25) is 0 Å². The van der Waals surface area contributed by atoms with Crippen molar-refractivity contribution in [3.8, 4) is 0 Å². The van der Waals surface area contributed by atoms with Gasteiger partial charge in [-0.3, -0.25) is 4.84 Å². The molecule has 1 heterocycles. The van der Waals surface area contributed by atoms with E-state index < -0.39 is 6.09 Å². The summed E-state index contributed by atoms with van der Waals surface area (Å²) in [7, 11) is 1.49. The van der Waals surface area contributed by atoms with Gasteiger partial charge in [0.2, 0.25) is 0 Å². The van der Waals surface area contributed by atoms with Crippen molar-refractivity contribution >= 4 is 22.9 Å². The van der Waals surface area contributed by atoms with Gasteiger partial charge < -0.3 is 10.1 Å². The fourth-order valence-electron chi connectivity index (χ4n) is 1.13. The van der Waals surface area contributed by atoms with Gasteiger partial charge in [0.25, 0.3) is 0 Å². The van der Waals surface area contributed by atoms with Crippen molar-refractivity contribution in [2.75, 3.05) is 7.05 Å². The Kier molecular flexibility index (Phi) is 4.90. The molecule has 86 valence electrons. The normalized spacial score (nSPS) is 28.1. The lowest BCUT2D eigenvalue weighted by atomic mass is 10.3. The lowest BCUT2D eigenvalue weighted by molar-refractivity contribution is 0.0921. The van der Waals surface area contributed by atoms with Crippen LogP contribution >= 0.6 is 11.8 Å². The van der Waals surface area contributed by atoms with Crippen LogP contribution in [0.25, 0.3) is 0 Å². The number of hydrogen-bond donors (Lipinski definition) is 1. The van der Waals surface area contributed by atoms with Gasteiger partial charge >= 0.3 is 6.09 Å². The zero-order valence-corrected chi connectivity index (χ0v) is 9.97. The first-order chi connectivity index (χ1) is 7.17. The van der Waals surface area contributed by atoms with Crippen LogP contribution in [0, 0.1) is 0 Å². The molecule has 1 saturated heterocycles. The molecule has 0 bridgehead atoms. The van der Waals surface area contributed by atoms with Crippen molar-refractivity contribution in [1.82, 2.24) is 5.32 Å². The molecule has 0 aromatic heterocycles. The third kappa shape index (κ3) is 3.71. The highest BCUT2D eigenvalue weighted by molar-refractivity contribution is 8.14. The minimum absolute atomic E-state index is 0.0868. The van der Waals surface area contributed by atoms with Gasteiger partial charge in [-0.25, -0.2) is 4.79 Å². The van der Waals surface area contributed by atoms with Crippen molar-refractivity contribution in [2.24, 2.45) is 5.16 Å². The molecule has 0 aliphatic carbocycles. The Labute approximate surface area is 93.6 Å². The molecular formula is C9H16N2O3S. The van der Waals surface area contributed by atoms with Gasteiger partial charge in [-0.2, -0.15) is 0 Å². The molecule has 0 radical (unpaired) electrons. The molecule has 1 amide bonds. The second kappa shape index (κ2) is 5.97. The Balaban J connectivity index is 2.45. The molecule has 1 fully saturated rings. The van der Waals surface area contributed by atoms with Crippen LogP contribution in [0.3, 0.4) is 0 Å². The van der Waals surface area contributed by atoms with E-state index in [-0.39, 0.29) is 11.5 Å². The van der Waals surface area contributed by atoms with Crippen LogP contribution in [-0.4, -0.2) is 29.7 Å². The highest BCUT2D eigenvalue weighted by Crippen LogP contribution is 2.30. The summed E-state index contributed by atoms with van der Waals surface area (Å²) in [5.74, 6) is 0. The predicted molar refractivity (Wildman–Crippen MR) is 59.8 cm³/mol. The summed E-state index contributed by atoms with van der Waals surface area (Å²) in [5, 5.41) is 6.79. The molecule has 0 aromatic rings. The first-order valence-corrected chi connectivity index (χ1v) is 5.84. The third-order valence-electron chi connectivity index (χ3n) is 1.90. The Morgan fingerprint density at radius 1 is 1.73 bits per heavy atom. The second-order valence-electron chi connectivity index (χ2n) is 3.17. The molecule has 15 heavy (non-hydrogen) atoms. The van der Waals surface area contributed by atoms with Gasteiger partial charge in [-0.15, -0.1) is 0 Å². The number of carbonyl (C=O) groups is 1. The summed E-state index contributed by atoms with van der Waals surface area (Å²) in [6.07, 6.45) is 1.40. The minimum Gasteiger partial charge on any atom is -0.357 e. The maximum absolute atomic E-state index is 10.8. The molecule has 1 aliphatic rings. The molecule has 0 saturated carbocycles. The average Bonchev–Trinajstić information content (AvgIpc) is 2.56. The van der Waals surface area contributed by atoms with E-state index in [1.165, 1.54) is 18.8 Å². The number of amides is 1. The molecule has 0 spiro atoms. The number of oxime groups is 1. The van der Waals surface area contributed by atoms with Gasteiger partial charge in [0.05, 0.1) is 0 Å². The van der Waals surface area contributed by atoms with Crippen molar-refractivity contribution in [3.05, 3.63) is 0 Å². The topological polar surface area (TPSA) is 59.9 Å². The van der Waals surface area contributed by atoms with Crippen LogP contribution < -0.4 is 5.32 Å². The standard InChI is InChI=1S/C9H16N2O3S/c1-4-5-7-13-6(2)8(15-7)11-14-9(12)10-3/h6-7H,4-5H2,1-3H3,(H,10,12)/b11-8-. The van der Waals surface area contributed by atoms with Crippen molar-refractivity contribution in [2.45, 2.75) is 38.2 Å². The molecular weight excluding hydrogens is 216 g/mol. The average molecular weight is 232 g/mol. The van der Waals surface area contributed by atoms with Crippen LogP contribution in [0.15, 0.2) is 5.16 Å². The summed E-state index contributed by atoms with van der Waals surface area (Å²) >= 11 is 1.52. The molecule has 1 N–H and O–H groups in total. The van der Waals surface area contributed by atoms with E-state index in [1.54, 1.807) is 0 Å². The van der Waals surface area contributed by atoms with Crippen LogP contribution in [0.5, 0.6) is 0 Å². The molecule has 1 aliphatic heterocycles. The summed E-state index contributed by atoms with van der Waals surface area (Å²) in [4.78, 5) is 15.4. The number of thioether (sulfide) groups is 1. The van der Waals surface area contributed by atoms with Crippen LogP contribution in [0.4, 0.5) is 4.79 Å². The number of carbonyl (C=O) groups excluding carboxylic acids is 1. The maximum Gasteiger partial charge on any atom is 0.433 e. The van der Waals surface area contributed by atoms with Gasteiger partial charge in [0.1, 0.15) is 16.6 Å². The van der Waals surface area contributed by atoms with E-state index in [4.69, 9.17) is 4.74 Å². The van der Waals surface area contributed by atoms with Gasteiger partial charge in [-0.05, 0) is 13.3 Å². The first kappa shape index (κ1) is 12.3. The third-order valence-corrected chi connectivity index (χ3v) is 3.16. The summed E-state index contributed by atoms with van der Waals surface area (Å²) in [6.45, 7) is 4.00.